The predicted octanol–water partition coefficient (Wildman–Crippen LogP) is 5.99. The molecule has 0 aliphatic rings. The zero-order chi connectivity index (χ0) is 29.9. The maximum Gasteiger partial charge on any atom is 0.255 e. The lowest BCUT2D eigenvalue weighted by Crippen LogP contribution is -2.25. The van der Waals surface area contributed by atoms with Gasteiger partial charge < -0.3 is 24.9 Å². The van der Waals surface area contributed by atoms with Crippen LogP contribution in [0.2, 0.25) is 0 Å². The summed E-state index contributed by atoms with van der Waals surface area (Å²) in [6.07, 6.45) is 10.2. The van der Waals surface area contributed by atoms with Crippen LogP contribution in [0, 0.1) is 0 Å². The van der Waals surface area contributed by atoms with Crippen molar-refractivity contribution in [1.82, 2.24) is 24.8 Å². The van der Waals surface area contributed by atoms with Gasteiger partial charge in [-0.3, -0.25) is 4.79 Å². The fourth-order valence-corrected chi connectivity index (χ4v) is 4.26. The van der Waals surface area contributed by atoms with E-state index >= 15 is 0 Å². The highest BCUT2D eigenvalue weighted by Gasteiger charge is 2.07. The molecule has 2 aromatic heterocycles. The van der Waals surface area contributed by atoms with Crippen molar-refractivity contribution < 1.29 is 4.79 Å². The van der Waals surface area contributed by atoms with Gasteiger partial charge in [-0.2, -0.15) is 0 Å². The molecule has 0 aliphatic heterocycles. The predicted molar refractivity (Wildman–Crippen MR) is 172 cm³/mol. The van der Waals surface area contributed by atoms with Crippen LogP contribution in [0.25, 0.3) is 5.65 Å². The van der Waals surface area contributed by atoms with Gasteiger partial charge in [0.25, 0.3) is 5.91 Å². The fourth-order valence-electron chi connectivity index (χ4n) is 4.26. The van der Waals surface area contributed by atoms with Crippen LogP contribution in [-0.4, -0.2) is 53.5 Å². The summed E-state index contributed by atoms with van der Waals surface area (Å²) < 4.78 is 1.94. The Balaban J connectivity index is 0.000000196. The minimum absolute atomic E-state index is 0.0927. The van der Waals surface area contributed by atoms with Crippen LogP contribution in [0.4, 0.5) is 22.9 Å². The molecule has 9 heteroatoms. The number of hydrogen-bond acceptors (Lipinski definition) is 7. The van der Waals surface area contributed by atoms with E-state index < -0.39 is 0 Å². The quantitative estimate of drug-likeness (QED) is 0.190. The fraction of sp³-hybridized carbons (Fsp3) is 0.182. The van der Waals surface area contributed by atoms with Gasteiger partial charge in [0.05, 0.1) is 0 Å². The van der Waals surface area contributed by atoms with Gasteiger partial charge in [-0.15, -0.1) is 0 Å². The molecule has 216 valence electrons. The van der Waals surface area contributed by atoms with Gasteiger partial charge in [0.1, 0.15) is 0 Å². The van der Waals surface area contributed by atoms with E-state index in [1.54, 1.807) is 24.5 Å². The Morgan fingerprint density at radius 2 is 1.60 bits per heavy atom. The van der Waals surface area contributed by atoms with E-state index in [-0.39, 0.29) is 5.91 Å². The largest absolute Gasteiger partial charge is 0.378 e. The van der Waals surface area contributed by atoms with E-state index in [1.807, 2.05) is 98.5 Å². The molecule has 0 fully saturated rings. The molecule has 0 bridgehead atoms. The average Bonchev–Trinajstić information content (AvgIpc) is 3.48. The second-order valence-electron chi connectivity index (χ2n) is 10.0. The van der Waals surface area contributed by atoms with Gasteiger partial charge in [-0.25, -0.2) is 15.4 Å². The first-order chi connectivity index (χ1) is 20.3. The number of rotatable bonds is 9. The highest BCUT2D eigenvalue weighted by Crippen LogP contribution is 2.22. The van der Waals surface area contributed by atoms with Crippen molar-refractivity contribution in [2.45, 2.75) is 13.3 Å². The summed E-state index contributed by atoms with van der Waals surface area (Å²) in [5.41, 5.74) is 9.85. The second-order valence-corrected chi connectivity index (χ2v) is 10.0. The van der Waals surface area contributed by atoms with E-state index in [0.717, 1.165) is 40.5 Å². The SMILES string of the molecule is CN(C)c1cccc(Nc2nccn3ccnc23)c1.CNN(C)/C=C(/C)Cc1cccc(NC(=O)c2ccccc2)c1. The molecule has 9 nitrogen and oxygen atoms in total. The Morgan fingerprint density at radius 3 is 2.33 bits per heavy atom. The minimum Gasteiger partial charge on any atom is -0.378 e. The topological polar surface area (TPSA) is 89.8 Å². The van der Waals surface area contributed by atoms with Gasteiger partial charge in [-0.05, 0) is 61.4 Å². The van der Waals surface area contributed by atoms with Gasteiger partial charge >= 0.3 is 0 Å². The molecule has 0 radical (unpaired) electrons. The Morgan fingerprint density at radius 1 is 0.881 bits per heavy atom. The summed E-state index contributed by atoms with van der Waals surface area (Å²) in [7, 11) is 7.88. The highest BCUT2D eigenvalue weighted by molar-refractivity contribution is 6.04. The Labute approximate surface area is 247 Å². The van der Waals surface area contributed by atoms with Crippen LogP contribution in [-0.2, 0) is 6.42 Å². The summed E-state index contributed by atoms with van der Waals surface area (Å²) in [6.45, 7) is 2.09. The molecule has 42 heavy (non-hydrogen) atoms. The average molecular weight is 563 g/mol. The molecule has 3 aromatic carbocycles. The van der Waals surface area contributed by atoms with Crippen molar-refractivity contribution in [2.24, 2.45) is 0 Å². The van der Waals surface area contributed by atoms with Crippen LogP contribution < -0.4 is 21.0 Å². The van der Waals surface area contributed by atoms with Gasteiger partial charge in [0, 0.05) is 81.8 Å². The number of carbonyl (C=O) groups is 1. The van der Waals surface area contributed by atoms with Crippen molar-refractivity contribution in [3.8, 4) is 0 Å². The Bertz CT molecular complexity index is 1630. The van der Waals surface area contributed by atoms with Crippen LogP contribution >= 0.6 is 0 Å². The summed E-state index contributed by atoms with van der Waals surface area (Å²) in [4.78, 5) is 22.9. The van der Waals surface area contributed by atoms with Crippen molar-refractivity contribution in [3.05, 3.63) is 127 Å². The van der Waals surface area contributed by atoms with Crippen LogP contribution in [0.15, 0.2) is 115 Å². The first-order valence-corrected chi connectivity index (χ1v) is 13.7. The third-order valence-electron chi connectivity index (χ3n) is 6.41. The molecule has 0 saturated carbocycles. The van der Waals surface area contributed by atoms with E-state index in [9.17, 15) is 4.79 Å². The minimum atomic E-state index is -0.0927. The van der Waals surface area contributed by atoms with Crippen molar-refractivity contribution in [3.63, 3.8) is 0 Å². The monoisotopic (exact) mass is 562 g/mol. The number of amides is 1. The number of benzene rings is 3. The third-order valence-corrected chi connectivity index (χ3v) is 6.41. The van der Waals surface area contributed by atoms with Crippen molar-refractivity contribution >= 4 is 34.4 Å². The summed E-state index contributed by atoms with van der Waals surface area (Å²) in [5, 5.41) is 8.16. The van der Waals surface area contributed by atoms with Crippen molar-refractivity contribution in [1.29, 1.82) is 0 Å². The molecular formula is C33H38N8O. The first kappa shape index (κ1) is 29.8. The van der Waals surface area contributed by atoms with Gasteiger partial charge in [0.2, 0.25) is 0 Å². The second kappa shape index (κ2) is 14.5. The lowest BCUT2D eigenvalue weighted by Gasteiger charge is -2.14. The molecule has 0 unspecified atom stereocenters. The number of allylic oxidation sites excluding steroid dienone is 1. The van der Waals surface area contributed by atoms with Crippen LogP contribution in [0.5, 0.6) is 0 Å². The van der Waals surface area contributed by atoms with Gasteiger partial charge in [-0.1, -0.05) is 42.0 Å². The molecule has 5 rings (SSSR count). The normalized spacial score (nSPS) is 10.9. The lowest BCUT2D eigenvalue weighted by molar-refractivity contribution is 0.102. The van der Waals surface area contributed by atoms with E-state index in [1.165, 1.54) is 5.57 Å². The molecule has 0 aliphatic carbocycles. The Hall–Kier alpha value is -5.15. The zero-order valence-electron chi connectivity index (χ0n) is 24.7. The maximum atomic E-state index is 12.2. The number of imidazole rings is 1. The number of aromatic nitrogens is 3. The number of carbonyl (C=O) groups excluding carboxylic acids is 1. The van der Waals surface area contributed by atoms with Crippen LogP contribution in [0.1, 0.15) is 22.8 Å². The number of anilines is 4. The number of fused-ring (bicyclic) bond motifs is 1. The summed E-state index contributed by atoms with van der Waals surface area (Å²) in [6, 6.07) is 25.3. The molecule has 0 saturated heterocycles. The van der Waals surface area contributed by atoms with Gasteiger partial charge in [0.15, 0.2) is 11.5 Å². The molecule has 5 aromatic rings. The highest BCUT2D eigenvalue weighted by atomic mass is 16.1. The molecular weight excluding hydrogens is 524 g/mol. The summed E-state index contributed by atoms with van der Waals surface area (Å²) in [5.74, 6) is 0.660. The third kappa shape index (κ3) is 8.42. The van der Waals surface area contributed by atoms with Crippen LogP contribution in [0.3, 0.4) is 0 Å². The summed E-state index contributed by atoms with van der Waals surface area (Å²) >= 11 is 0. The maximum absolute atomic E-state index is 12.2. The standard InChI is InChI=1S/C19H23N3O.C14H15N5/c1-15(14-22(3)20-2)12-16-8-7-11-18(13-16)21-19(23)17-9-5-4-6-10-17;1-18(2)12-5-3-4-11(10-12)17-13-14-16-7-9-19(14)8-6-15-13/h4-11,13-14,20H,12H2,1-3H3,(H,21,23);3-10H,1-2H3,(H,15,17)/b15-14-;. The van der Waals surface area contributed by atoms with E-state index in [0.29, 0.717) is 5.56 Å². The van der Waals surface area contributed by atoms with E-state index in [4.69, 9.17) is 0 Å². The zero-order valence-corrected chi connectivity index (χ0v) is 24.7. The lowest BCUT2D eigenvalue weighted by atomic mass is 10.1. The molecule has 0 spiro atoms. The smallest absolute Gasteiger partial charge is 0.255 e. The molecule has 2 heterocycles. The molecule has 3 N–H and O–H groups in total. The number of nitrogens with zero attached hydrogens (tertiary/aromatic N) is 5. The number of nitrogens with one attached hydrogen (secondary N) is 3. The Kier molecular flexibility index (Phi) is 10.3. The molecule has 0 atom stereocenters. The first-order valence-electron chi connectivity index (χ1n) is 13.7. The van der Waals surface area contributed by atoms with E-state index in [2.05, 4.69) is 62.3 Å². The van der Waals surface area contributed by atoms with Crippen molar-refractivity contribution in [2.75, 3.05) is 43.7 Å². The number of hydrogen-bond donors (Lipinski definition) is 3. The number of hydrazine groups is 1. The molecule has 1 amide bonds.